The molecule has 0 atom stereocenters. The van der Waals surface area contributed by atoms with Crippen LogP contribution in [0.4, 0.5) is 5.69 Å². The van der Waals surface area contributed by atoms with Crippen LogP contribution < -0.4 is 10.6 Å². The second kappa shape index (κ2) is 8.22. The highest BCUT2D eigenvalue weighted by molar-refractivity contribution is 6.11. The second-order valence-corrected chi connectivity index (χ2v) is 6.42. The van der Waals surface area contributed by atoms with E-state index in [1.165, 1.54) is 0 Å². The zero-order valence-electron chi connectivity index (χ0n) is 15.4. The number of hydrogen-bond donors (Lipinski definition) is 3. The highest BCUT2D eigenvalue weighted by Crippen LogP contribution is 2.17. The molecule has 0 fully saturated rings. The van der Waals surface area contributed by atoms with Gasteiger partial charge in [-0.05, 0) is 42.0 Å². The standard InChI is InChI=1S/C23H18N4O2/c28-22(17-9-5-2-6-10-17)26-21(13-16-7-3-1-4-8-16)23(29)25-19-11-12-20-18(14-19)15-24-27-20/h1-15H,(H,24,27)(H,25,29)(H,26,28)/b21-13-. The van der Waals surface area contributed by atoms with Gasteiger partial charge >= 0.3 is 0 Å². The highest BCUT2D eigenvalue weighted by atomic mass is 16.2. The number of aromatic nitrogens is 2. The number of nitrogens with one attached hydrogen (secondary N) is 3. The molecular formula is C23H18N4O2. The molecule has 29 heavy (non-hydrogen) atoms. The number of fused-ring (bicyclic) bond motifs is 1. The normalized spacial score (nSPS) is 11.2. The van der Waals surface area contributed by atoms with Crippen molar-refractivity contribution in [3.05, 3.63) is 102 Å². The predicted octanol–water partition coefficient (Wildman–Crippen LogP) is 3.97. The van der Waals surface area contributed by atoms with E-state index >= 15 is 0 Å². The topological polar surface area (TPSA) is 86.9 Å². The summed E-state index contributed by atoms with van der Waals surface area (Å²) in [6, 6.07) is 23.5. The van der Waals surface area contributed by atoms with Crippen molar-refractivity contribution in [3.8, 4) is 0 Å². The fourth-order valence-corrected chi connectivity index (χ4v) is 2.88. The number of nitrogens with zero attached hydrogens (tertiary/aromatic N) is 1. The van der Waals surface area contributed by atoms with E-state index in [2.05, 4.69) is 20.8 Å². The minimum Gasteiger partial charge on any atom is -0.321 e. The molecule has 0 saturated carbocycles. The molecule has 0 aliphatic rings. The first-order chi connectivity index (χ1) is 14.2. The van der Waals surface area contributed by atoms with Gasteiger partial charge in [-0.2, -0.15) is 5.10 Å². The van der Waals surface area contributed by atoms with E-state index in [4.69, 9.17) is 0 Å². The maximum atomic E-state index is 12.9. The van der Waals surface area contributed by atoms with Gasteiger partial charge in [0.05, 0.1) is 11.7 Å². The summed E-state index contributed by atoms with van der Waals surface area (Å²) in [5, 5.41) is 13.3. The first-order valence-electron chi connectivity index (χ1n) is 9.07. The van der Waals surface area contributed by atoms with E-state index in [0.29, 0.717) is 11.3 Å². The number of rotatable bonds is 5. The molecule has 142 valence electrons. The number of benzene rings is 3. The quantitative estimate of drug-likeness (QED) is 0.457. The van der Waals surface area contributed by atoms with Crippen LogP contribution in [0.5, 0.6) is 0 Å². The number of aromatic amines is 1. The van der Waals surface area contributed by atoms with Crippen LogP contribution in [0.1, 0.15) is 15.9 Å². The lowest BCUT2D eigenvalue weighted by Gasteiger charge is -2.11. The van der Waals surface area contributed by atoms with E-state index in [0.717, 1.165) is 16.5 Å². The Morgan fingerprint density at radius 2 is 1.62 bits per heavy atom. The Morgan fingerprint density at radius 1 is 0.897 bits per heavy atom. The minimum absolute atomic E-state index is 0.150. The fourth-order valence-electron chi connectivity index (χ4n) is 2.88. The molecule has 1 heterocycles. The summed E-state index contributed by atoms with van der Waals surface area (Å²) in [5.41, 5.74) is 2.91. The Kier molecular flexibility index (Phi) is 5.16. The van der Waals surface area contributed by atoms with Gasteiger partial charge in [0.1, 0.15) is 5.70 Å². The Bertz CT molecular complexity index is 1180. The monoisotopic (exact) mass is 382 g/mol. The maximum Gasteiger partial charge on any atom is 0.272 e. The van der Waals surface area contributed by atoms with Gasteiger partial charge in [-0.3, -0.25) is 14.7 Å². The summed E-state index contributed by atoms with van der Waals surface area (Å²) in [7, 11) is 0. The molecule has 1 aromatic heterocycles. The van der Waals surface area contributed by atoms with Gasteiger partial charge in [0.15, 0.2) is 0 Å². The van der Waals surface area contributed by atoms with Gasteiger partial charge in [0.2, 0.25) is 0 Å². The van der Waals surface area contributed by atoms with Crippen molar-refractivity contribution in [1.29, 1.82) is 0 Å². The summed E-state index contributed by atoms with van der Waals surface area (Å²) < 4.78 is 0. The molecule has 6 nitrogen and oxygen atoms in total. The smallest absolute Gasteiger partial charge is 0.272 e. The van der Waals surface area contributed by atoms with Crippen LogP contribution in [0.15, 0.2) is 90.8 Å². The Balaban J connectivity index is 1.60. The molecule has 0 aliphatic carbocycles. The average Bonchev–Trinajstić information content (AvgIpc) is 3.22. The van der Waals surface area contributed by atoms with Crippen LogP contribution in [0, 0.1) is 0 Å². The largest absolute Gasteiger partial charge is 0.321 e. The van der Waals surface area contributed by atoms with E-state index < -0.39 is 5.91 Å². The molecule has 2 amide bonds. The molecule has 3 N–H and O–H groups in total. The molecule has 4 aromatic rings. The molecule has 0 radical (unpaired) electrons. The van der Waals surface area contributed by atoms with Crippen LogP contribution in [0.25, 0.3) is 17.0 Å². The van der Waals surface area contributed by atoms with Crippen molar-refractivity contribution in [1.82, 2.24) is 15.5 Å². The lowest BCUT2D eigenvalue weighted by Crippen LogP contribution is -2.30. The molecule has 0 saturated heterocycles. The van der Waals surface area contributed by atoms with Gasteiger partial charge in [0, 0.05) is 16.6 Å². The average molecular weight is 382 g/mol. The minimum atomic E-state index is -0.416. The van der Waals surface area contributed by atoms with Crippen LogP contribution in [0.2, 0.25) is 0 Å². The summed E-state index contributed by atoms with van der Waals surface area (Å²) >= 11 is 0. The lowest BCUT2D eigenvalue weighted by molar-refractivity contribution is -0.113. The molecule has 4 rings (SSSR count). The third-order valence-electron chi connectivity index (χ3n) is 4.34. The van der Waals surface area contributed by atoms with E-state index in [1.54, 1.807) is 42.6 Å². The van der Waals surface area contributed by atoms with Crippen molar-refractivity contribution >= 4 is 34.5 Å². The molecule has 6 heteroatoms. The van der Waals surface area contributed by atoms with Crippen LogP contribution >= 0.6 is 0 Å². The Morgan fingerprint density at radius 3 is 2.38 bits per heavy atom. The van der Waals surface area contributed by atoms with Crippen molar-refractivity contribution < 1.29 is 9.59 Å². The number of H-pyrrole nitrogens is 1. The van der Waals surface area contributed by atoms with Crippen molar-refractivity contribution in [2.75, 3.05) is 5.32 Å². The summed E-state index contributed by atoms with van der Waals surface area (Å²) in [6.45, 7) is 0. The molecule has 0 spiro atoms. The number of amides is 2. The van der Waals surface area contributed by atoms with Crippen molar-refractivity contribution in [3.63, 3.8) is 0 Å². The third kappa shape index (κ3) is 4.39. The summed E-state index contributed by atoms with van der Waals surface area (Å²) in [6.07, 6.45) is 3.33. The molecule has 3 aromatic carbocycles. The highest BCUT2D eigenvalue weighted by Gasteiger charge is 2.15. The van der Waals surface area contributed by atoms with E-state index in [1.807, 2.05) is 48.5 Å². The van der Waals surface area contributed by atoms with Gasteiger partial charge in [0.25, 0.3) is 11.8 Å². The third-order valence-corrected chi connectivity index (χ3v) is 4.34. The molecular weight excluding hydrogens is 364 g/mol. The zero-order chi connectivity index (χ0) is 20.1. The summed E-state index contributed by atoms with van der Waals surface area (Å²) in [5.74, 6) is -0.769. The van der Waals surface area contributed by atoms with Crippen LogP contribution in [0.3, 0.4) is 0 Å². The fraction of sp³-hybridized carbons (Fsp3) is 0. The van der Waals surface area contributed by atoms with Gasteiger partial charge < -0.3 is 10.6 Å². The van der Waals surface area contributed by atoms with Gasteiger partial charge in [-0.25, -0.2) is 0 Å². The summed E-state index contributed by atoms with van der Waals surface area (Å²) in [4.78, 5) is 25.5. The Labute approximate surface area is 167 Å². The second-order valence-electron chi connectivity index (χ2n) is 6.42. The molecule has 0 bridgehead atoms. The van der Waals surface area contributed by atoms with Gasteiger partial charge in [-0.15, -0.1) is 0 Å². The van der Waals surface area contributed by atoms with E-state index in [-0.39, 0.29) is 11.6 Å². The first-order valence-corrected chi connectivity index (χ1v) is 9.07. The van der Waals surface area contributed by atoms with Crippen molar-refractivity contribution in [2.45, 2.75) is 0 Å². The predicted molar refractivity (Wildman–Crippen MR) is 113 cm³/mol. The number of hydrogen-bond acceptors (Lipinski definition) is 3. The van der Waals surface area contributed by atoms with Crippen molar-refractivity contribution in [2.24, 2.45) is 0 Å². The lowest BCUT2D eigenvalue weighted by atomic mass is 10.1. The number of carbonyl (C=O) groups excluding carboxylic acids is 2. The first kappa shape index (κ1) is 18.2. The maximum absolute atomic E-state index is 12.9. The van der Waals surface area contributed by atoms with Gasteiger partial charge in [-0.1, -0.05) is 48.5 Å². The van der Waals surface area contributed by atoms with E-state index in [9.17, 15) is 9.59 Å². The number of carbonyl (C=O) groups is 2. The molecule has 0 aliphatic heterocycles. The molecule has 0 unspecified atom stereocenters. The Hall–Kier alpha value is -4.19. The zero-order valence-corrected chi connectivity index (χ0v) is 15.4. The SMILES string of the molecule is O=C(Nc1ccc2[nH]ncc2c1)/C(=C/c1ccccc1)NC(=O)c1ccccc1. The number of anilines is 1. The van der Waals surface area contributed by atoms with Crippen LogP contribution in [-0.4, -0.2) is 22.0 Å². The van der Waals surface area contributed by atoms with Crippen LogP contribution in [-0.2, 0) is 4.79 Å².